The Morgan fingerprint density at radius 3 is 1.61 bits per heavy atom. The molecule has 0 unspecified atom stereocenters. The van der Waals surface area contributed by atoms with E-state index in [4.69, 9.17) is 9.47 Å². The first-order valence-electron chi connectivity index (χ1n) is 15.8. The second kappa shape index (κ2) is 19.3. The van der Waals surface area contributed by atoms with Crippen LogP contribution in [-0.4, -0.2) is 34.8 Å². The first-order chi connectivity index (χ1) is 22.5. The lowest BCUT2D eigenvalue weighted by Crippen LogP contribution is -2.46. The van der Waals surface area contributed by atoms with Gasteiger partial charge in [0.05, 0.1) is 11.8 Å². The number of carbonyl (C=O) groups excluding carboxylic acids is 2. The molecule has 0 saturated heterocycles. The van der Waals surface area contributed by atoms with E-state index >= 15 is 0 Å². The molecule has 0 spiro atoms. The Morgan fingerprint density at radius 1 is 0.739 bits per heavy atom. The fourth-order valence-electron chi connectivity index (χ4n) is 4.83. The minimum atomic E-state index is -0.863. The molecule has 2 amide bonds. The molecule has 2 N–H and O–H groups in total. The lowest BCUT2D eigenvalue weighted by Gasteiger charge is -2.36. The van der Waals surface area contributed by atoms with E-state index in [1.807, 2.05) is 130 Å². The molecule has 1 aliphatic rings. The number of hydrogen-bond donors (Lipinski definition) is 2. The van der Waals surface area contributed by atoms with Crippen molar-refractivity contribution in [2.24, 2.45) is 11.8 Å². The van der Waals surface area contributed by atoms with Crippen LogP contribution in [0, 0.1) is 11.8 Å². The molecular weight excluding hydrogens is 580 g/mol. The molecule has 46 heavy (non-hydrogen) atoms. The van der Waals surface area contributed by atoms with E-state index < -0.39 is 11.9 Å². The van der Waals surface area contributed by atoms with Crippen LogP contribution in [0.25, 0.3) is 0 Å². The van der Waals surface area contributed by atoms with E-state index in [1.165, 1.54) is 0 Å². The molecule has 4 aromatic carbocycles. The van der Waals surface area contributed by atoms with Crippen LogP contribution in [0.5, 0.6) is 23.0 Å². The topological polar surface area (TPSA) is 105 Å². The number of nitrogens with one attached hydrogen (secondary N) is 1. The fraction of sp³-hybridized carbons (Fsp3) is 0.289. The van der Waals surface area contributed by atoms with Crippen LogP contribution < -0.4 is 14.8 Å². The SMILES string of the molecule is CC.CCCN(Cc1ccc(Oc2ccccc2)cc1)C(=O)[C@@H]1CC[C@@H]1C(=O)O.O=CNCc1ccc(Oc2ccccc2)cc1. The smallest absolute Gasteiger partial charge is 0.307 e. The van der Waals surface area contributed by atoms with Crippen LogP contribution >= 0.6 is 0 Å². The van der Waals surface area contributed by atoms with Gasteiger partial charge in [0, 0.05) is 19.6 Å². The zero-order valence-corrected chi connectivity index (χ0v) is 26.8. The van der Waals surface area contributed by atoms with Crippen molar-refractivity contribution in [3.63, 3.8) is 0 Å². The summed E-state index contributed by atoms with van der Waals surface area (Å²) in [7, 11) is 0. The third kappa shape index (κ3) is 11.1. The largest absolute Gasteiger partial charge is 0.481 e. The Hall–Kier alpha value is -5.11. The van der Waals surface area contributed by atoms with E-state index in [0.717, 1.165) is 40.5 Å². The van der Waals surface area contributed by atoms with Gasteiger partial charge in [-0.2, -0.15) is 0 Å². The Balaban J connectivity index is 0.000000260. The first-order valence-corrected chi connectivity index (χ1v) is 15.8. The number of carboxylic acids is 1. The highest BCUT2D eigenvalue weighted by atomic mass is 16.5. The number of hydrogen-bond acceptors (Lipinski definition) is 5. The second-order valence-corrected chi connectivity index (χ2v) is 10.5. The molecule has 242 valence electrons. The van der Waals surface area contributed by atoms with E-state index in [1.54, 1.807) is 4.90 Å². The van der Waals surface area contributed by atoms with E-state index in [0.29, 0.717) is 38.9 Å². The number of amides is 2. The van der Waals surface area contributed by atoms with Gasteiger partial charge in [0.25, 0.3) is 0 Å². The minimum absolute atomic E-state index is 0.0416. The normalized spacial score (nSPS) is 14.5. The average molecular weight is 625 g/mol. The van der Waals surface area contributed by atoms with Crippen LogP contribution in [0.3, 0.4) is 0 Å². The van der Waals surface area contributed by atoms with Gasteiger partial charge in [0.1, 0.15) is 23.0 Å². The van der Waals surface area contributed by atoms with Gasteiger partial charge < -0.3 is 24.8 Å². The van der Waals surface area contributed by atoms with Gasteiger partial charge in [-0.05, 0) is 78.9 Å². The fourth-order valence-corrected chi connectivity index (χ4v) is 4.83. The van der Waals surface area contributed by atoms with Gasteiger partial charge in [-0.25, -0.2) is 0 Å². The van der Waals surface area contributed by atoms with Crippen molar-refractivity contribution in [2.45, 2.75) is 53.1 Å². The maximum absolute atomic E-state index is 12.8. The molecule has 0 bridgehead atoms. The number of benzene rings is 4. The molecule has 8 nitrogen and oxygen atoms in total. The van der Waals surface area contributed by atoms with Gasteiger partial charge in [-0.3, -0.25) is 14.4 Å². The van der Waals surface area contributed by atoms with Gasteiger partial charge in [-0.15, -0.1) is 0 Å². The molecule has 8 heteroatoms. The lowest BCUT2D eigenvalue weighted by molar-refractivity contribution is -0.156. The van der Waals surface area contributed by atoms with E-state index in [-0.39, 0.29) is 11.8 Å². The summed E-state index contributed by atoms with van der Waals surface area (Å²) in [6.45, 7) is 7.67. The number of carbonyl (C=O) groups is 3. The third-order valence-electron chi connectivity index (χ3n) is 7.28. The van der Waals surface area contributed by atoms with Gasteiger partial charge in [0.15, 0.2) is 0 Å². The molecule has 1 aliphatic carbocycles. The van der Waals surface area contributed by atoms with Crippen LogP contribution in [0.2, 0.25) is 0 Å². The second-order valence-electron chi connectivity index (χ2n) is 10.5. The Kier molecular flexibility index (Phi) is 14.9. The van der Waals surface area contributed by atoms with Crippen molar-refractivity contribution >= 4 is 18.3 Å². The quantitative estimate of drug-likeness (QED) is 0.146. The highest BCUT2D eigenvalue weighted by Crippen LogP contribution is 2.36. The highest BCUT2D eigenvalue weighted by molar-refractivity contribution is 5.86. The molecule has 2 atom stereocenters. The predicted molar refractivity (Wildman–Crippen MR) is 180 cm³/mol. The van der Waals surface area contributed by atoms with Crippen LogP contribution in [0.4, 0.5) is 0 Å². The minimum Gasteiger partial charge on any atom is -0.481 e. The Labute approximate surface area is 272 Å². The molecule has 0 aromatic heterocycles. The van der Waals surface area contributed by atoms with Crippen molar-refractivity contribution in [2.75, 3.05) is 6.54 Å². The number of para-hydroxylation sites is 2. The molecule has 5 rings (SSSR count). The summed E-state index contributed by atoms with van der Waals surface area (Å²) in [4.78, 5) is 36.0. The molecule has 1 fully saturated rings. The monoisotopic (exact) mass is 624 g/mol. The summed E-state index contributed by atoms with van der Waals surface area (Å²) < 4.78 is 11.4. The molecule has 4 aromatic rings. The maximum Gasteiger partial charge on any atom is 0.307 e. The van der Waals surface area contributed by atoms with Crippen molar-refractivity contribution in [3.8, 4) is 23.0 Å². The highest BCUT2D eigenvalue weighted by Gasteiger charge is 2.43. The zero-order chi connectivity index (χ0) is 33.1. The number of ether oxygens (including phenoxy) is 2. The zero-order valence-electron chi connectivity index (χ0n) is 26.8. The van der Waals surface area contributed by atoms with E-state index in [9.17, 15) is 19.5 Å². The van der Waals surface area contributed by atoms with Crippen LogP contribution in [0.15, 0.2) is 109 Å². The van der Waals surface area contributed by atoms with E-state index in [2.05, 4.69) is 5.32 Å². The molecular formula is C38H44N2O6. The molecule has 1 saturated carbocycles. The number of nitrogens with zero attached hydrogens (tertiary/aromatic N) is 1. The van der Waals surface area contributed by atoms with Gasteiger partial charge in [0.2, 0.25) is 12.3 Å². The maximum atomic E-state index is 12.8. The molecule has 0 heterocycles. The predicted octanol–water partition coefficient (Wildman–Crippen LogP) is 8.08. The van der Waals surface area contributed by atoms with Crippen molar-refractivity contribution in [1.29, 1.82) is 0 Å². The average Bonchev–Trinajstić information content (AvgIpc) is 3.06. The van der Waals surface area contributed by atoms with Crippen LogP contribution in [0.1, 0.15) is 51.2 Å². The van der Waals surface area contributed by atoms with Gasteiger partial charge >= 0.3 is 5.97 Å². The van der Waals surface area contributed by atoms with Crippen molar-refractivity contribution < 1.29 is 29.0 Å². The summed E-state index contributed by atoms with van der Waals surface area (Å²) in [6.07, 6.45) is 2.79. The Bertz CT molecular complexity index is 1460. The van der Waals surface area contributed by atoms with Crippen molar-refractivity contribution in [1.82, 2.24) is 10.2 Å². The summed E-state index contributed by atoms with van der Waals surface area (Å²) in [5, 5.41) is 11.8. The Morgan fingerprint density at radius 2 is 1.20 bits per heavy atom. The first kappa shape index (κ1) is 35.4. The van der Waals surface area contributed by atoms with Crippen molar-refractivity contribution in [3.05, 3.63) is 120 Å². The summed E-state index contributed by atoms with van der Waals surface area (Å²) in [6, 6.07) is 34.5. The standard InChI is InChI=1S/C22H25NO4.C14H13NO2.C2H6/c1-2-14-23(21(24)19-12-13-20(19)22(25)26)15-16-8-10-18(11-9-16)27-17-6-4-3-5-7-17;16-11-15-10-12-6-8-14(9-7-12)17-13-4-2-1-3-5-13;1-2/h3-11,19-20H,2,12-15H2,1H3,(H,25,26);1-9,11H,10H2,(H,15,16);1-2H3/t19-,20+;;/m1../s1. The lowest BCUT2D eigenvalue weighted by atomic mass is 9.73. The third-order valence-corrected chi connectivity index (χ3v) is 7.28. The molecule has 0 radical (unpaired) electrons. The van der Waals surface area contributed by atoms with Gasteiger partial charge in [-0.1, -0.05) is 81.4 Å². The summed E-state index contributed by atoms with van der Waals surface area (Å²) in [5.74, 6) is 1.30. The summed E-state index contributed by atoms with van der Waals surface area (Å²) >= 11 is 0. The number of aliphatic carboxylic acids is 1. The number of carboxylic acid groups (broad SMARTS) is 1. The van der Waals surface area contributed by atoms with Crippen LogP contribution in [-0.2, 0) is 27.5 Å². The number of rotatable bonds is 13. The molecule has 0 aliphatic heterocycles. The summed E-state index contributed by atoms with van der Waals surface area (Å²) in [5.41, 5.74) is 2.04.